The number of rotatable bonds is 1. The largest absolute Gasteiger partial charge is 0.458 e. The van der Waals surface area contributed by atoms with Crippen molar-refractivity contribution in [2.45, 2.75) is 82.0 Å². The molecule has 0 unspecified atom stereocenters. The highest BCUT2D eigenvalue weighted by Crippen LogP contribution is 2.64. The molecule has 0 aliphatic heterocycles. The van der Waals surface area contributed by atoms with Crippen molar-refractivity contribution in [2.75, 3.05) is 0 Å². The van der Waals surface area contributed by atoms with Crippen molar-refractivity contribution >= 4 is 5.97 Å². The fraction of sp³-hybridized carbons (Fsp3) is 0.938. The lowest BCUT2D eigenvalue weighted by Crippen LogP contribution is -2.78. The molecule has 0 spiro atoms. The maximum Gasteiger partial charge on any atom is 0.303 e. The first kappa shape index (κ1) is 14.3. The Morgan fingerprint density at radius 2 is 1.65 bits per heavy atom. The first-order valence-electron chi connectivity index (χ1n) is 8.12. The van der Waals surface area contributed by atoms with Gasteiger partial charge in [0, 0.05) is 18.8 Å². The van der Waals surface area contributed by atoms with Gasteiger partial charge in [0.05, 0.1) is 6.10 Å². The smallest absolute Gasteiger partial charge is 0.303 e. The average molecular weight is 282 g/mol. The van der Waals surface area contributed by atoms with E-state index in [-0.39, 0.29) is 17.8 Å². The lowest BCUT2D eigenvalue weighted by molar-refractivity contribution is -0.324. The van der Waals surface area contributed by atoms with E-state index in [1.807, 2.05) is 0 Å². The third-order valence-corrected chi connectivity index (χ3v) is 5.94. The molecule has 2 N–H and O–H groups in total. The summed E-state index contributed by atoms with van der Waals surface area (Å²) in [5.41, 5.74) is -1.54. The van der Waals surface area contributed by atoms with Gasteiger partial charge in [0.25, 0.3) is 0 Å². The molecule has 3 fully saturated rings. The van der Waals surface area contributed by atoms with Crippen LogP contribution < -0.4 is 0 Å². The van der Waals surface area contributed by atoms with E-state index >= 15 is 0 Å². The zero-order valence-corrected chi connectivity index (χ0v) is 12.3. The average Bonchev–Trinajstić information content (AvgIpc) is 2.64. The quantitative estimate of drug-likeness (QED) is 0.723. The van der Waals surface area contributed by atoms with Crippen LogP contribution in [0.15, 0.2) is 0 Å². The summed E-state index contributed by atoms with van der Waals surface area (Å²) in [6, 6.07) is 0. The Labute approximate surface area is 120 Å². The first-order chi connectivity index (χ1) is 9.52. The lowest BCUT2D eigenvalue weighted by Gasteiger charge is -2.65. The number of hydrogen-bond donors (Lipinski definition) is 2. The molecular formula is C16H26O4. The van der Waals surface area contributed by atoms with Crippen LogP contribution in [0.1, 0.15) is 64.7 Å². The lowest BCUT2D eigenvalue weighted by atomic mass is 9.46. The normalized spacial score (nSPS) is 48.0. The first-order valence-corrected chi connectivity index (χ1v) is 8.12. The van der Waals surface area contributed by atoms with E-state index < -0.39 is 17.3 Å². The number of carbonyl (C=O) groups excluding carboxylic acids is 1. The Hall–Kier alpha value is -0.610. The molecule has 0 amide bonds. The van der Waals surface area contributed by atoms with Gasteiger partial charge < -0.3 is 14.9 Å². The third-order valence-electron chi connectivity index (χ3n) is 5.94. The molecule has 114 valence electrons. The summed E-state index contributed by atoms with van der Waals surface area (Å²) in [6.45, 7) is 1.46. The van der Waals surface area contributed by atoms with Gasteiger partial charge in [0.2, 0.25) is 0 Å². The zero-order chi connectivity index (χ0) is 14.4. The second-order valence-electron chi connectivity index (χ2n) is 6.94. The Bertz CT molecular complexity index is 382. The summed E-state index contributed by atoms with van der Waals surface area (Å²) in [7, 11) is 0. The minimum Gasteiger partial charge on any atom is -0.458 e. The third kappa shape index (κ3) is 1.84. The van der Waals surface area contributed by atoms with E-state index in [2.05, 4.69) is 0 Å². The van der Waals surface area contributed by atoms with Crippen LogP contribution in [0.2, 0.25) is 0 Å². The topological polar surface area (TPSA) is 66.8 Å². The number of ether oxygens (including phenoxy) is 1. The van der Waals surface area contributed by atoms with Crippen molar-refractivity contribution in [3.8, 4) is 0 Å². The van der Waals surface area contributed by atoms with Gasteiger partial charge >= 0.3 is 5.97 Å². The fourth-order valence-corrected chi connectivity index (χ4v) is 5.24. The summed E-state index contributed by atoms with van der Waals surface area (Å²) in [5.74, 6) is -0.420. The highest BCUT2D eigenvalue weighted by Gasteiger charge is 2.74. The zero-order valence-electron chi connectivity index (χ0n) is 12.3. The summed E-state index contributed by atoms with van der Waals surface area (Å²) in [5, 5.41) is 21.6. The van der Waals surface area contributed by atoms with Gasteiger partial charge in [-0.25, -0.2) is 0 Å². The molecular weight excluding hydrogens is 256 g/mol. The summed E-state index contributed by atoms with van der Waals surface area (Å²) in [4.78, 5) is 11.6. The molecule has 0 saturated heterocycles. The van der Waals surface area contributed by atoms with E-state index in [1.54, 1.807) is 0 Å². The minimum atomic E-state index is -1.03. The molecule has 3 aliphatic carbocycles. The Balaban J connectivity index is 1.97. The molecule has 3 rings (SSSR count). The molecule has 0 radical (unpaired) electrons. The summed E-state index contributed by atoms with van der Waals surface area (Å²) in [6.07, 6.45) is 7.73. The number of esters is 1. The van der Waals surface area contributed by atoms with Gasteiger partial charge in [-0.3, -0.25) is 4.79 Å². The molecule has 0 aromatic rings. The molecule has 0 heterocycles. The molecule has 4 nitrogen and oxygen atoms in total. The van der Waals surface area contributed by atoms with Crippen LogP contribution in [-0.2, 0) is 9.53 Å². The number of aliphatic hydroxyl groups excluding tert-OH is 1. The van der Waals surface area contributed by atoms with Crippen LogP contribution in [0.5, 0.6) is 0 Å². The molecule has 20 heavy (non-hydrogen) atoms. The summed E-state index contributed by atoms with van der Waals surface area (Å²) < 4.78 is 5.79. The van der Waals surface area contributed by atoms with Crippen LogP contribution >= 0.6 is 0 Å². The van der Waals surface area contributed by atoms with Crippen molar-refractivity contribution in [1.29, 1.82) is 0 Å². The monoisotopic (exact) mass is 282 g/mol. The van der Waals surface area contributed by atoms with E-state index in [9.17, 15) is 15.0 Å². The molecule has 5 atom stereocenters. The number of fused-ring (bicyclic) bond motifs is 4. The number of carbonyl (C=O) groups is 1. The Morgan fingerprint density at radius 3 is 2.30 bits per heavy atom. The van der Waals surface area contributed by atoms with Crippen LogP contribution in [-0.4, -0.2) is 33.5 Å². The van der Waals surface area contributed by atoms with Crippen LogP contribution in [0.4, 0.5) is 0 Å². The van der Waals surface area contributed by atoms with Gasteiger partial charge in [-0.2, -0.15) is 0 Å². The fourth-order valence-electron chi connectivity index (χ4n) is 5.24. The van der Waals surface area contributed by atoms with Gasteiger partial charge in [-0.15, -0.1) is 0 Å². The van der Waals surface area contributed by atoms with Crippen LogP contribution in [0.3, 0.4) is 0 Å². The Kier molecular flexibility index (Phi) is 3.57. The van der Waals surface area contributed by atoms with Gasteiger partial charge in [0.15, 0.2) is 0 Å². The number of hydrogen-bond acceptors (Lipinski definition) is 4. The SMILES string of the molecule is CC(=O)O[C@@]12CCCCC[C@@H]1[C@@]1(O)[C@@H]2CCCC[C@@H]1O. The van der Waals surface area contributed by atoms with Crippen molar-refractivity contribution in [3.05, 3.63) is 0 Å². The molecule has 0 aromatic heterocycles. The van der Waals surface area contributed by atoms with Gasteiger partial charge in [-0.05, 0) is 32.1 Å². The minimum absolute atomic E-state index is 0.0838. The van der Waals surface area contributed by atoms with Crippen LogP contribution in [0.25, 0.3) is 0 Å². The van der Waals surface area contributed by atoms with E-state index in [0.717, 1.165) is 51.4 Å². The molecule has 0 aromatic carbocycles. The Morgan fingerprint density at radius 1 is 1.05 bits per heavy atom. The second-order valence-corrected chi connectivity index (χ2v) is 6.94. The molecule has 4 heteroatoms. The standard InChI is InChI=1S/C16H26O4/c1-11(17)20-15-10-6-2-3-7-12(15)16(19)13(15)8-4-5-9-14(16)18/h12-14,18-19H,2-10H2,1H3/t12-,13+,14-,15-,16+/m0/s1. The molecule has 3 saturated carbocycles. The van der Waals surface area contributed by atoms with Crippen molar-refractivity contribution in [3.63, 3.8) is 0 Å². The maximum atomic E-state index is 11.6. The predicted octanol–water partition coefficient (Wildman–Crippen LogP) is 2.16. The van der Waals surface area contributed by atoms with Gasteiger partial charge in [-0.1, -0.05) is 25.7 Å². The van der Waals surface area contributed by atoms with Crippen molar-refractivity contribution < 1.29 is 19.7 Å². The van der Waals surface area contributed by atoms with Crippen LogP contribution in [0, 0.1) is 11.8 Å². The summed E-state index contributed by atoms with van der Waals surface area (Å²) >= 11 is 0. The predicted molar refractivity (Wildman–Crippen MR) is 74.0 cm³/mol. The second kappa shape index (κ2) is 4.99. The van der Waals surface area contributed by atoms with Crippen molar-refractivity contribution in [2.24, 2.45) is 11.8 Å². The highest BCUT2D eigenvalue weighted by molar-refractivity contribution is 5.67. The van der Waals surface area contributed by atoms with E-state index in [1.165, 1.54) is 6.92 Å². The van der Waals surface area contributed by atoms with Gasteiger partial charge in [0.1, 0.15) is 11.2 Å². The van der Waals surface area contributed by atoms with Crippen molar-refractivity contribution in [1.82, 2.24) is 0 Å². The maximum absolute atomic E-state index is 11.6. The van der Waals surface area contributed by atoms with E-state index in [4.69, 9.17) is 4.74 Å². The molecule has 3 aliphatic rings. The highest BCUT2D eigenvalue weighted by atomic mass is 16.6. The number of aliphatic hydroxyl groups is 2. The van der Waals surface area contributed by atoms with E-state index in [0.29, 0.717) is 6.42 Å². The molecule has 0 bridgehead atoms.